The maximum absolute atomic E-state index is 5.87. The molecule has 1 unspecified atom stereocenters. The molecule has 0 saturated carbocycles. The predicted molar refractivity (Wildman–Crippen MR) is 76.1 cm³/mol. The number of nitrogens with zero attached hydrogens (tertiary/aromatic N) is 2. The average molecular weight is 282 g/mol. The van der Waals surface area contributed by atoms with Crippen LogP contribution in [0.4, 0.5) is 0 Å². The Hall–Kier alpha value is -0.970. The molecule has 96 valence electrons. The molecule has 5 heteroatoms. The van der Waals surface area contributed by atoms with Gasteiger partial charge in [-0.2, -0.15) is 0 Å². The second-order valence-electron chi connectivity index (χ2n) is 4.08. The standard InChI is InChI=1S/C13H16ClN3S/c1-2-5-16-13(6-11-8-15-9-18-11)12-4-3-10(14)7-17-12/h3-4,7-9,13,16H,2,5-6H2,1H3. The highest BCUT2D eigenvalue weighted by Crippen LogP contribution is 2.20. The van der Waals surface area contributed by atoms with Crippen molar-refractivity contribution in [2.45, 2.75) is 25.8 Å². The largest absolute Gasteiger partial charge is 0.308 e. The van der Waals surface area contributed by atoms with Gasteiger partial charge in [0.2, 0.25) is 0 Å². The molecule has 0 radical (unpaired) electrons. The molecule has 2 aromatic rings. The van der Waals surface area contributed by atoms with E-state index >= 15 is 0 Å². The van der Waals surface area contributed by atoms with Gasteiger partial charge in [0.05, 0.1) is 22.3 Å². The number of thiazole rings is 1. The zero-order valence-corrected chi connectivity index (χ0v) is 11.8. The summed E-state index contributed by atoms with van der Waals surface area (Å²) < 4.78 is 0. The summed E-state index contributed by atoms with van der Waals surface area (Å²) in [5, 5.41) is 4.19. The highest BCUT2D eigenvalue weighted by Gasteiger charge is 2.13. The second-order valence-corrected chi connectivity index (χ2v) is 5.49. The van der Waals surface area contributed by atoms with Gasteiger partial charge < -0.3 is 5.32 Å². The van der Waals surface area contributed by atoms with Crippen LogP contribution in [0.5, 0.6) is 0 Å². The summed E-state index contributed by atoms with van der Waals surface area (Å²) >= 11 is 7.55. The number of halogens is 1. The summed E-state index contributed by atoms with van der Waals surface area (Å²) in [4.78, 5) is 9.78. The zero-order chi connectivity index (χ0) is 12.8. The Labute approximate surface area is 116 Å². The highest BCUT2D eigenvalue weighted by molar-refractivity contribution is 7.09. The number of hydrogen-bond acceptors (Lipinski definition) is 4. The first-order chi connectivity index (χ1) is 8.79. The molecule has 2 aromatic heterocycles. The van der Waals surface area contributed by atoms with Crippen molar-refractivity contribution < 1.29 is 0 Å². The van der Waals surface area contributed by atoms with Crippen LogP contribution in [0.1, 0.15) is 30.0 Å². The lowest BCUT2D eigenvalue weighted by Gasteiger charge is -2.17. The van der Waals surface area contributed by atoms with E-state index in [4.69, 9.17) is 11.6 Å². The van der Waals surface area contributed by atoms with Crippen LogP contribution in [0.25, 0.3) is 0 Å². The molecule has 0 bridgehead atoms. The third kappa shape index (κ3) is 3.77. The van der Waals surface area contributed by atoms with Crippen LogP contribution in [0.2, 0.25) is 5.02 Å². The van der Waals surface area contributed by atoms with Gasteiger partial charge in [0.1, 0.15) is 0 Å². The van der Waals surface area contributed by atoms with E-state index in [-0.39, 0.29) is 6.04 Å². The fourth-order valence-electron chi connectivity index (χ4n) is 1.74. The van der Waals surface area contributed by atoms with Gasteiger partial charge in [-0.1, -0.05) is 18.5 Å². The minimum atomic E-state index is 0.225. The highest BCUT2D eigenvalue weighted by atomic mass is 35.5. The molecule has 0 aromatic carbocycles. The molecular formula is C13H16ClN3S. The molecule has 1 atom stereocenters. The first-order valence-corrected chi connectivity index (χ1v) is 7.27. The normalized spacial score (nSPS) is 12.6. The van der Waals surface area contributed by atoms with Gasteiger partial charge in [0.25, 0.3) is 0 Å². The van der Waals surface area contributed by atoms with E-state index < -0.39 is 0 Å². The zero-order valence-electron chi connectivity index (χ0n) is 10.3. The van der Waals surface area contributed by atoms with Crippen LogP contribution >= 0.6 is 22.9 Å². The average Bonchev–Trinajstić information content (AvgIpc) is 2.88. The molecular weight excluding hydrogens is 266 g/mol. The molecule has 0 aliphatic carbocycles. The molecule has 0 fully saturated rings. The minimum Gasteiger partial charge on any atom is -0.308 e. The van der Waals surface area contributed by atoms with Gasteiger partial charge in [-0.3, -0.25) is 9.97 Å². The molecule has 0 spiro atoms. The van der Waals surface area contributed by atoms with E-state index in [0.29, 0.717) is 5.02 Å². The number of hydrogen-bond donors (Lipinski definition) is 1. The fourth-order valence-corrected chi connectivity index (χ4v) is 2.49. The Kier molecular flexibility index (Phi) is 5.11. The Morgan fingerprint density at radius 3 is 2.89 bits per heavy atom. The van der Waals surface area contributed by atoms with Crippen molar-refractivity contribution in [3.8, 4) is 0 Å². The summed E-state index contributed by atoms with van der Waals surface area (Å²) in [7, 11) is 0. The topological polar surface area (TPSA) is 37.8 Å². The monoisotopic (exact) mass is 281 g/mol. The minimum absolute atomic E-state index is 0.225. The van der Waals surface area contributed by atoms with Crippen LogP contribution < -0.4 is 5.32 Å². The molecule has 0 aliphatic heterocycles. The third-order valence-corrected chi connectivity index (χ3v) is 3.66. The lowest BCUT2D eigenvalue weighted by atomic mass is 10.1. The quantitative estimate of drug-likeness (QED) is 0.881. The van der Waals surface area contributed by atoms with E-state index in [2.05, 4.69) is 22.2 Å². The Morgan fingerprint density at radius 2 is 2.28 bits per heavy atom. The van der Waals surface area contributed by atoms with E-state index in [0.717, 1.165) is 25.1 Å². The van der Waals surface area contributed by atoms with Crippen LogP contribution in [0.3, 0.4) is 0 Å². The number of pyridine rings is 1. The van der Waals surface area contributed by atoms with E-state index in [9.17, 15) is 0 Å². The van der Waals surface area contributed by atoms with Gasteiger partial charge in [-0.05, 0) is 25.1 Å². The predicted octanol–water partition coefficient (Wildman–Crippen LogP) is 3.47. The lowest BCUT2D eigenvalue weighted by Crippen LogP contribution is -2.24. The maximum atomic E-state index is 5.87. The smallest absolute Gasteiger partial charge is 0.0794 e. The van der Waals surface area contributed by atoms with Gasteiger partial charge in [-0.15, -0.1) is 11.3 Å². The van der Waals surface area contributed by atoms with Crippen molar-refractivity contribution in [3.05, 3.63) is 45.6 Å². The number of rotatable bonds is 6. The van der Waals surface area contributed by atoms with E-state index in [1.54, 1.807) is 17.5 Å². The second kappa shape index (κ2) is 6.83. The lowest BCUT2D eigenvalue weighted by molar-refractivity contribution is 0.520. The van der Waals surface area contributed by atoms with Crippen LogP contribution in [0.15, 0.2) is 30.0 Å². The van der Waals surface area contributed by atoms with Gasteiger partial charge >= 0.3 is 0 Å². The van der Waals surface area contributed by atoms with Gasteiger partial charge in [0, 0.05) is 23.7 Å². The molecule has 0 saturated heterocycles. The van der Waals surface area contributed by atoms with Crippen molar-refractivity contribution in [1.82, 2.24) is 15.3 Å². The van der Waals surface area contributed by atoms with Crippen molar-refractivity contribution in [3.63, 3.8) is 0 Å². The molecule has 2 rings (SSSR count). The number of aromatic nitrogens is 2. The summed E-state index contributed by atoms with van der Waals surface area (Å²) in [5.74, 6) is 0. The first kappa shape index (κ1) is 13.5. The summed E-state index contributed by atoms with van der Waals surface area (Å²) in [6.07, 6.45) is 5.64. The molecule has 1 N–H and O–H groups in total. The maximum Gasteiger partial charge on any atom is 0.0794 e. The fraction of sp³-hybridized carbons (Fsp3) is 0.385. The number of nitrogens with one attached hydrogen (secondary N) is 1. The molecule has 2 heterocycles. The van der Waals surface area contributed by atoms with Crippen LogP contribution in [0, 0.1) is 0 Å². The van der Waals surface area contributed by atoms with E-state index in [1.165, 1.54) is 4.88 Å². The molecule has 0 amide bonds. The Balaban J connectivity index is 2.11. The van der Waals surface area contributed by atoms with Crippen molar-refractivity contribution in [1.29, 1.82) is 0 Å². The molecule has 18 heavy (non-hydrogen) atoms. The molecule has 0 aliphatic rings. The van der Waals surface area contributed by atoms with Crippen LogP contribution in [-0.4, -0.2) is 16.5 Å². The SMILES string of the molecule is CCCNC(Cc1cncs1)c1ccc(Cl)cn1. The van der Waals surface area contributed by atoms with Crippen molar-refractivity contribution in [2.24, 2.45) is 0 Å². The van der Waals surface area contributed by atoms with Gasteiger partial charge in [-0.25, -0.2) is 0 Å². The third-order valence-electron chi connectivity index (χ3n) is 2.64. The van der Waals surface area contributed by atoms with Crippen LogP contribution in [-0.2, 0) is 6.42 Å². The van der Waals surface area contributed by atoms with E-state index in [1.807, 2.05) is 23.8 Å². The summed E-state index contributed by atoms with van der Waals surface area (Å²) in [6, 6.07) is 4.09. The summed E-state index contributed by atoms with van der Waals surface area (Å²) in [6.45, 7) is 3.14. The molecule has 3 nitrogen and oxygen atoms in total. The first-order valence-electron chi connectivity index (χ1n) is 6.01. The summed E-state index contributed by atoms with van der Waals surface area (Å²) in [5.41, 5.74) is 2.89. The Bertz CT molecular complexity index is 456. The van der Waals surface area contributed by atoms with Crippen molar-refractivity contribution >= 4 is 22.9 Å². The Morgan fingerprint density at radius 1 is 1.39 bits per heavy atom. The van der Waals surface area contributed by atoms with Gasteiger partial charge in [0.15, 0.2) is 0 Å². The van der Waals surface area contributed by atoms with Crippen molar-refractivity contribution in [2.75, 3.05) is 6.54 Å².